The first-order valence-electron chi connectivity index (χ1n) is 11.0. The molecule has 1 fully saturated rings. The van der Waals surface area contributed by atoms with E-state index < -0.39 is 15.8 Å². The van der Waals surface area contributed by atoms with Gasteiger partial charge in [-0.25, -0.2) is 22.8 Å². The molecule has 1 aliphatic heterocycles. The van der Waals surface area contributed by atoms with Gasteiger partial charge in [-0.1, -0.05) is 6.07 Å². The number of hydrogen-bond acceptors (Lipinski definition) is 5. The Balaban J connectivity index is 1.32. The number of sulfonamides is 1. The molecule has 0 unspecified atom stereocenters. The molecule has 34 heavy (non-hydrogen) atoms. The van der Waals surface area contributed by atoms with Gasteiger partial charge in [0.05, 0.1) is 16.7 Å². The highest BCUT2D eigenvalue weighted by Gasteiger charge is 2.32. The van der Waals surface area contributed by atoms with E-state index in [2.05, 4.69) is 19.9 Å². The molecule has 0 spiro atoms. The number of benzene rings is 1. The molecule has 5 aromatic rings. The molecule has 172 valence electrons. The SMILES string of the molecule is O=S(=O)(c1ccc2cc[nH]c2c1)N1CCC(n2c(-c3ccncc3F)nc3cccnc32)CC1. The Morgan fingerprint density at radius 1 is 1.06 bits per heavy atom. The van der Waals surface area contributed by atoms with E-state index in [0.717, 1.165) is 10.9 Å². The standard InChI is InChI=1S/C24H21FN6O2S/c25-20-15-26-10-6-19(20)23-29-21-2-1-9-28-24(21)31(23)17-7-12-30(13-8-17)34(32,33)18-4-3-16-5-11-27-22(16)14-18/h1-6,9-11,14-15,17,27H,7-8,12-13H2. The molecule has 0 atom stereocenters. The first-order valence-corrected chi connectivity index (χ1v) is 12.5. The van der Waals surface area contributed by atoms with E-state index in [9.17, 15) is 12.8 Å². The molecule has 1 aliphatic rings. The van der Waals surface area contributed by atoms with E-state index in [0.29, 0.717) is 48.5 Å². The maximum Gasteiger partial charge on any atom is 0.243 e. The fourth-order valence-electron chi connectivity index (χ4n) is 4.70. The van der Waals surface area contributed by atoms with Gasteiger partial charge in [0.15, 0.2) is 11.5 Å². The molecule has 1 aromatic carbocycles. The number of aromatic amines is 1. The summed E-state index contributed by atoms with van der Waals surface area (Å²) >= 11 is 0. The Labute approximate surface area is 195 Å². The first-order chi connectivity index (χ1) is 16.5. The number of H-pyrrole nitrogens is 1. The normalized spacial score (nSPS) is 15.9. The monoisotopic (exact) mass is 476 g/mol. The number of imidazole rings is 1. The number of fused-ring (bicyclic) bond motifs is 2. The Kier molecular flexibility index (Phi) is 4.93. The van der Waals surface area contributed by atoms with E-state index in [4.69, 9.17) is 0 Å². The summed E-state index contributed by atoms with van der Waals surface area (Å²) in [6.07, 6.45) is 7.30. The molecule has 1 saturated heterocycles. The second-order valence-electron chi connectivity index (χ2n) is 8.37. The first kappa shape index (κ1) is 20.9. The van der Waals surface area contributed by atoms with E-state index in [-0.39, 0.29) is 10.9 Å². The summed E-state index contributed by atoms with van der Waals surface area (Å²) in [4.78, 5) is 16.3. The Morgan fingerprint density at radius 3 is 2.74 bits per heavy atom. The van der Waals surface area contributed by atoms with Crippen LogP contribution < -0.4 is 0 Å². The van der Waals surface area contributed by atoms with Crippen molar-refractivity contribution in [1.82, 2.24) is 28.8 Å². The van der Waals surface area contributed by atoms with Crippen LogP contribution in [0.25, 0.3) is 33.5 Å². The van der Waals surface area contributed by atoms with Crippen molar-refractivity contribution >= 4 is 32.1 Å². The van der Waals surface area contributed by atoms with Gasteiger partial charge in [-0.15, -0.1) is 0 Å². The molecular weight excluding hydrogens is 455 g/mol. The molecule has 1 N–H and O–H groups in total. The van der Waals surface area contributed by atoms with Crippen LogP contribution >= 0.6 is 0 Å². The van der Waals surface area contributed by atoms with Crippen LogP contribution in [0.3, 0.4) is 0 Å². The van der Waals surface area contributed by atoms with Crippen molar-refractivity contribution in [2.75, 3.05) is 13.1 Å². The summed E-state index contributed by atoms with van der Waals surface area (Å²) in [6, 6.07) is 12.2. The van der Waals surface area contributed by atoms with Crippen molar-refractivity contribution < 1.29 is 12.8 Å². The van der Waals surface area contributed by atoms with Gasteiger partial charge in [0.25, 0.3) is 0 Å². The molecule has 0 bridgehead atoms. The zero-order valence-electron chi connectivity index (χ0n) is 18.1. The van der Waals surface area contributed by atoms with E-state index in [1.165, 1.54) is 16.7 Å². The summed E-state index contributed by atoms with van der Waals surface area (Å²) in [6.45, 7) is 0.696. The van der Waals surface area contributed by atoms with Gasteiger partial charge in [0, 0.05) is 43.2 Å². The van der Waals surface area contributed by atoms with Crippen LogP contribution in [0.1, 0.15) is 18.9 Å². The van der Waals surface area contributed by atoms with Crippen molar-refractivity contribution in [2.45, 2.75) is 23.8 Å². The minimum atomic E-state index is -3.63. The number of halogens is 1. The highest BCUT2D eigenvalue weighted by Crippen LogP contribution is 2.34. The average molecular weight is 477 g/mol. The minimum absolute atomic E-state index is 0.0696. The van der Waals surface area contributed by atoms with Crippen LogP contribution in [0.5, 0.6) is 0 Å². The minimum Gasteiger partial charge on any atom is -0.361 e. The number of hydrogen-bond donors (Lipinski definition) is 1. The van der Waals surface area contributed by atoms with Crippen LogP contribution in [0, 0.1) is 5.82 Å². The van der Waals surface area contributed by atoms with Gasteiger partial charge in [-0.2, -0.15) is 4.31 Å². The van der Waals surface area contributed by atoms with Crippen molar-refractivity contribution in [1.29, 1.82) is 0 Å². The van der Waals surface area contributed by atoms with Crippen LogP contribution in [-0.2, 0) is 10.0 Å². The molecule has 5 heterocycles. The zero-order chi connectivity index (χ0) is 23.3. The molecular formula is C24H21FN6O2S. The van der Waals surface area contributed by atoms with Crippen molar-refractivity contribution in [3.05, 3.63) is 73.1 Å². The predicted molar refractivity (Wildman–Crippen MR) is 126 cm³/mol. The number of rotatable bonds is 4. The van der Waals surface area contributed by atoms with Gasteiger partial charge in [-0.05, 0) is 54.6 Å². The third-order valence-corrected chi connectivity index (χ3v) is 8.31. The number of aromatic nitrogens is 5. The van der Waals surface area contributed by atoms with E-state index >= 15 is 0 Å². The maximum atomic E-state index is 14.6. The van der Waals surface area contributed by atoms with Gasteiger partial charge < -0.3 is 9.55 Å². The lowest BCUT2D eigenvalue weighted by molar-refractivity contribution is 0.278. The van der Waals surface area contributed by atoms with Crippen LogP contribution in [0.2, 0.25) is 0 Å². The van der Waals surface area contributed by atoms with Crippen molar-refractivity contribution in [3.8, 4) is 11.4 Å². The second kappa shape index (κ2) is 8.00. The summed E-state index contributed by atoms with van der Waals surface area (Å²) in [5, 5.41) is 0.966. The molecule has 0 amide bonds. The summed E-state index contributed by atoms with van der Waals surface area (Å²) in [5.74, 6) is 0.0193. The van der Waals surface area contributed by atoms with Crippen molar-refractivity contribution in [2.24, 2.45) is 0 Å². The molecule has 0 aliphatic carbocycles. The lowest BCUT2D eigenvalue weighted by Crippen LogP contribution is -2.39. The lowest BCUT2D eigenvalue weighted by atomic mass is 10.1. The molecule has 0 radical (unpaired) electrons. The number of pyridine rings is 2. The Hall–Kier alpha value is -3.63. The van der Waals surface area contributed by atoms with Gasteiger partial charge in [0.2, 0.25) is 10.0 Å². The quantitative estimate of drug-likeness (QED) is 0.421. The molecule has 4 aromatic heterocycles. The highest BCUT2D eigenvalue weighted by atomic mass is 32.2. The van der Waals surface area contributed by atoms with Gasteiger partial charge in [-0.3, -0.25) is 4.98 Å². The molecule has 10 heteroatoms. The number of nitrogens with zero attached hydrogens (tertiary/aromatic N) is 5. The van der Waals surface area contributed by atoms with Crippen LogP contribution in [0.15, 0.2) is 72.1 Å². The number of piperidine rings is 1. The predicted octanol–water partition coefficient (Wildman–Crippen LogP) is 4.14. The largest absolute Gasteiger partial charge is 0.361 e. The summed E-state index contributed by atoms with van der Waals surface area (Å²) < 4.78 is 44.7. The van der Waals surface area contributed by atoms with Gasteiger partial charge >= 0.3 is 0 Å². The topological polar surface area (TPSA) is 96.8 Å². The molecule has 8 nitrogen and oxygen atoms in total. The Morgan fingerprint density at radius 2 is 1.91 bits per heavy atom. The summed E-state index contributed by atoms with van der Waals surface area (Å²) in [7, 11) is -3.63. The maximum absolute atomic E-state index is 14.6. The van der Waals surface area contributed by atoms with Crippen molar-refractivity contribution in [3.63, 3.8) is 0 Å². The highest BCUT2D eigenvalue weighted by molar-refractivity contribution is 7.89. The number of nitrogens with one attached hydrogen (secondary N) is 1. The van der Waals surface area contributed by atoms with Gasteiger partial charge in [0.1, 0.15) is 11.3 Å². The fourth-order valence-corrected chi connectivity index (χ4v) is 6.20. The summed E-state index contributed by atoms with van der Waals surface area (Å²) in [5.41, 5.74) is 2.47. The average Bonchev–Trinajstić information content (AvgIpc) is 3.48. The fraction of sp³-hybridized carbons (Fsp3) is 0.208. The molecule has 6 rings (SSSR count). The second-order valence-corrected chi connectivity index (χ2v) is 10.3. The Bertz CT molecular complexity index is 1620. The van der Waals surface area contributed by atoms with Crippen LogP contribution in [0.4, 0.5) is 4.39 Å². The van der Waals surface area contributed by atoms with E-state index in [1.54, 1.807) is 36.7 Å². The van der Waals surface area contributed by atoms with E-state index in [1.807, 2.05) is 22.8 Å². The zero-order valence-corrected chi connectivity index (χ0v) is 18.9. The molecule has 0 saturated carbocycles. The smallest absolute Gasteiger partial charge is 0.243 e. The lowest BCUT2D eigenvalue weighted by Gasteiger charge is -2.32. The third kappa shape index (κ3) is 3.37. The third-order valence-electron chi connectivity index (χ3n) is 6.42. The van der Waals surface area contributed by atoms with Crippen LogP contribution in [-0.4, -0.2) is 50.3 Å².